The number of aromatic hydroxyl groups is 1. The maximum Gasteiger partial charge on any atom is 0.245 e. The molecule has 2 aromatic rings. The Bertz CT molecular complexity index is 892. The molecule has 0 bridgehead atoms. The fourth-order valence-electron chi connectivity index (χ4n) is 5.00. The van der Waals surface area contributed by atoms with Crippen molar-refractivity contribution >= 4 is 23.4 Å². The summed E-state index contributed by atoms with van der Waals surface area (Å²) in [5, 5.41) is 9.59. The van der Waals surface area contributed by atoms with E-state index in [0.29, 0.717) is 12.1 Å². The predicted octanol–water partition coefficient (Wildman–Crippen LogP) is 6.01. The highest BCUT2D eigenvalue weighted by Crippen LogP contribution is 2.46. The number of carbonyl (C=O) groups is 1. The van der Waals surface area contributed by atoms with Gasteiger partial charge in [0.15, 0.2) is 0 Å². The highest BCUT2D eigenvalue weighted by molar-refractivity contribution is 8.00. The molecule has 0 radical (unpaired) electrons. The van der Waals surface area contributed by atoms with Crippen molar-refractivity contribution in [1.82, 2.24) is 4.90 Å². The van der Waals surface area contributed by atoms with Crippen LogP contribution in [0.3, 0.4) is 0 Å². The fraction of sp³-hybridized carbons (Fsp3) is 0.500. The quantitative estimate of drug-likeness (QED) is 0.538. The molecule has 1 N–H and O–H groups in total. The van der Waals surface area contributed by atoms with E-state index in [1.807, 2.05) is 29.2 Å². The molecule has 1 saturated heterocycles. The number of phenols is 1. The Morgan fingerprint density at radius 1 is 0.968 bits per heavy atom. The van der Waals surface area contributed by atoms with Gasteiger partial charge < -0.3 is 10.0 Å². The lowest BCUT2D eigenvalue weighted by Crippen LogP contribution is -2.44. The van der Waals surface area contributed by atoms with E-state index < -0.39 is 0 Å². The summed E-state index contributed by atoms with van der Waals surface area (Å²) >= 11 is 1.58. The molecule has 2 aliphatic heterocycles. The number of fused-ring (bicyclic) bond motifs is 1. The first-order chi connectivity index (χ1) is 15.0. The molecular weight excluding hydrogens is 404 g/mol. The molecule has 0 saturated carbocycles. The van der Waals surface area contributed by atoms with Crippen molar-refractivity contribution in [2.45, 2.75) is 74.6 Å². The predicted molar refractivity (Wildman–Crippen MR) is 129 cm³/mol. The van der Waals surface area contributed by atoms with Crippen molar-refractivity contribution in [3.8, 4) is 5.75 Å². The first kappa shape index (κ1) is 22.2. The Kier molecular flexibility index (Phi) is 7.24. The lowest BCUT2D eigenvalue weighted by molar-refractivity contribution is -0.118. The molecule has 0 aromatic heterocycles. The van der Waals surface area contributed by atoms with Crippen LogP contribution in [0.4, 0.5) is 5.69 Å². The molecule has 3 atom stereocenters. The van der Waals surface area contributed by atoms with E-state index in [9.17, 15) is 9.90 Å². The largest absolute Gasteiger partial charge is 0.508 e. The molecule has 4 nitrogen and oxygen atoms in total. The smallest absolute Gasteiger partial charge is 0.245 e. The number of hydrogen-bond donors (Lipinski definition) is 1. The Labute approximate surface area is 190 Å². The summed E-state index contributed by atoms with van der Waals surface area (Å²) in [6, 6.07) is 16.7. The SMILES string of the molecule is C[C@@H]1CCC[C@H](C)N1CCCCCN1C(=O)C(c2cccc(O)c2)Sc2ccccc21. The van der Waals surface area contributed by atoms with Crippen molar-refractivity contribution in [2.75, 3.05) is 18.0 Å². The van der Waals surface area contributed by atoms with Gasteiger partial charge in [-0.3, -0.25) is 9.69 Å². The maximum absolute atomic E-state index is 13.4. The van der Waals surface area contributed by atoms with Gasteiger partial charge in [0.05, 0.1) is 5.69 Å². The van der Waals surface area contributed by atoms with Crippen LogP contribution in [0.2, 0.25) is 0 Å². The monoisotopic (exact) mass is 438 g/mol. The molecular formula is C26H34N2O2S. The standard InChI is InChI=1S/C26H34N2O2S/c1-19-10-8-11-20(2)27(19)16-6-3-7-17-28-23-14-4-5-15-24(23)31-25(26(28)30)21-12-9-13-22(29)18-21/h4-5,9,12-15,18-20,25,29H,3,6-8,10-11,16-17H2,1-2H3/t19-,20+,25?. The van der Waals surface area contributed by atoms with Gasteiger partial charge in [0.25, 0.3) is 0 Å². The van der Waals surface area contributed by atoms with Crippen molar-refractivity contribution < 1.29 is 9.90 Å². The molecule has 5 heteroatoms. The number of phenolic OH excluding ortho intramolecular Hbond substituents is 1. The van der Waals surface area contributed by atoms with E-state index in [1.54, 1.807) is 23.9 Å². The first-order valence-electron chi connectivity index (χ1n) is 11.7. The first-order valence-corrected chi connectivity index (χ1v) is 12.5. The summed E-state index contributed by atoms with van der Waals surface area (Å²) in [7, 11) is 0. The maximum atomic E-state index is 13.4. The van der Waals surface area contributed by atoms with Gasteiger partial charge in [-0.2, -0.15) is 0 Å². The number of carbonyl (C=O) groups excluding carboxylic acids is 1. The number of anilines is 1. The van der Waals surface area contributed by atoms with Crippen LogP contribution in [-0.4, -0.2) is 41.1 Å². The number of amides is 1. The lowest BCUT2D eigenvalue weighted by Gasteiger charge is -2.39. The highest BCUT2D eigenvalue weighted by atomic mass is 32.2. The Morgan fingerprint density at radius 3 is 2.48 bits per heavy atom. The van der Waals surface area contributed by atoms with Crippen LogP contribution >= 0.6 is 11.8 Å². The lowest BCUT2D eigenvalue weighted by atomic mass is 9.97. The average Bonchev–Trinajstić information content (AvgIpc) is 2.76. The summed E-state index contributed by atoms with van der Waals surface area (Å²) in [6.45, 7) is 6.63. The van der Waals surface area contributed by atoms with Crippen LogP contribution in [0.25, 0.3) is 0 Å². The number of nitrogens with zero attached hydrogens (tertiary/aromatic N) is 2. The number of hydrogen-bond acceptors (Lipinski definition) is 4. The molecule has 1 amide bonds. The molecule has 2 aliphatic rings. The second-order valence-electron chi connectivity index (χ2n) is 8.98. The minimum atomic E-state index is -0.308. The second kappa shape index (κ2) is 10.1. The number of thioether (sulfide) groups is 1. The number of benzene rings is 2. The molecule has 1 unspecified atom stereocenters. The van der Waals surface area contributed by atoms with Gasteiger partial charge in [-0.05, 0) is 75.9 Å². The average molecular weight is 439 g/mol. The van der Waals surface area contributed by atoms with E-state index in [-0.39, 0.29) is 16.9 Å². The van der Waals surface area contributed by atoms with Crippen molar-refractivity contribution in [3.63, 3.8) is 0 Å². The van der Waals surface area contributed by atoms with Gasteiger partial charge in [0.1, 0.15) is 11.0 Å². The summed E-state index contributed by atoms with van der Waals surface area (Å²) in [5.41, 5.74) is 1.88. The number of unbranched alkanes of at least 4 members (excludes halogenated alkanes) is 2. The summed E-state index contributed by atoms with van der Waals surface area (Å²) in [5.74, 6) is 0.324. The Morgan fingerprint density at radius 2 is 1.71 bits per heavy atom. The minimum absolute atomic E-state index is 0.118. The van der Waals surface area contributed by atoms with Gasteiger partial charge in [0.2, 0.25) is 5.91 Å². The van der Waals surface area contributed by atoms with Crippen molar-refractivity contribution in [3.05, 3.63) is 54.1 Å². The molecule has 0 aliphatic carbocycles. The molecule has 2 aromatic carbocycles. The molecule has 0 spiro atoms. The Hall–Kier alpha value is -1.98. The summed E-state index contributed by atoms with van der Waals surface area (Å²) in [4.78, 5) is 19.2. The molecule has 31 heavy (non-hydrogen) atoms. The van der Waals surface area contributed by atoms with Gasteiger partial charge >= 0.3 is 0 Å². The zero-order valence-corrected chi connectivity index (χ0v) is 19.5. The van der Waals surface area contributed by atoms with Gasteiger partial charge in [-0.15, -0.1) is 11.8 Å². The van der Waals surface area contributed by atoms with E-state index >= 15 is 0 Å². The van der Waals surface area contributed by atoms with Crippen LogP contribution in [0.1, 0.15) is 63.2 Å². The number of rotatable bonds is 7. The topological polar surface area (TPSA) is 43.8 Å². The number of piperidine rings is 1. The van der Waals surface area contributed by atoms with Crippen LogP contribution in [0, 0.1) is 0 Å². The second-order valence-corrected chi connectivity index (χ2v) is 10.1. The molecule has 4 rings (SSSR count). The normalized spacial score (nSPS) is 24.3. The molecule has 166 valence electrons. The zero-order valence-electron chi connectivity index (χ0n) is 18.7. The number of likely N-dealkylation sites (tertiary alicyclic amines) is 1. The van der Waals surface area contributed by atoms with Gasteiger partial charge in [-0.1, -0.05) is 37.1 Å². The van der Waals surface area contributed by atoms with E-state index in [1.165, 1.54) is 25.7 Å². The van der Waals surface area contributed by atoms with Crippen LogP contribution in [-0.2, 0) is 4.79 Å². The summed E-state index contributed by atoms with van der Waals surface area (Å²) < 4.78 is 0. The van der Waals surface area contributed by atoms with Crippen molar-refractivity contribution in [2.24, 2.45) is 0 Å². The van der Waals surface area contributed by atoms with E-state index in [2.05, 4.69) is 30.9 Å². The van der Waals surface area contributed by atoms with Gasteiger partial charge in [0, 0.05) is 23.5 Å². The molecule has 2 heterocycles. The van der Waals surface area contributed by atoms with E-state index in [4.69, 9.17) is 0 Å². The van der Waals surface area contributed by atoms with Gasteiger partial charge in [-0.25, -0.2) is 0 Å². The van der Waals surface area contributed by atoms with Crippen molar-refractivity contribution in [1.29, 1.82) is 0 Å². The third kappa shape index (κ3) is 5.09. The fourth-order valence-corrected chi connectivity index (χ4v) is 6.22. The highest BCUT2D eigenvalue weighted by Gasteiger charge is 2.34. The minimum Gasteiger partial charge on any atom is -0.508 e. The third-order valence-corrected chi connectivity index (χ3v) is 8.05. The Balaban J connectivity index is 1.39. The van der Waals surface area contributed by atoms with Crippen LogP contribution in [0.5, 0.6) is 5.75 Å². The third-order valence-electron chi connectivity index (χ3n) is 6.74. The summed E-state index contributed by atoms with van der Waals surface area (Å²) in [6.07, 6.45) is 7.31. The van der Waals surface area contributed by atoms with E-state index in [0.717, 1.165) is 42.1 Å². The van der Waals surface area contributed by atoms with Crippen LogP contribution in [0.15, 0.2) is 53.4 Å². The van der Waals surface area contributed by atoms with Crippen LogP contribution < -0.4 is 4.90 Å². The number of para-hydroxylation sites is 1. The zero-order chi connectivity index (χ0) is 21.8. The molecule has 1 fully saturated rings.